The fourth-order valence-corrected chi connectivity index (χ4v) is 4.54. The van der Waals surface area contributed by atoms with Crippen molar-refractivity contribution in [1.82, 2.24) is 5.01 Å². The van der Waals surface area contributed by atoms with Crippen molar-refractivity contribution >= 4 is 70.2 Å². The number of hydrogen-bond donors (Lipinski definition) is 0. The van der Waals surface area contributed by atoms with E-state index in [4.69, 9.17) is 62.7 Å². The van der Waals surface area contributed by atoms with Crippen LogP contribution in [-0.4, -0.2) is 30.3 Å². The zero-order valence-corrected chi connectivity index (χ0v) is 20.6. The van der Waals surface area contributed by atoms with Gasteiger partial charge in [0, 0.05) is 30.8 Å². The van der Waals surface area contributed by atoms with Gasteiger partial charge < -0.3 is 4.74 Å². The van der Waals surface area contributed by atoms with Crippen LogP contribution >= 0.6 is 58.0 Å². The highest BCUT2D eigenvalue weighted by Crippen LogP contribution is 2.58. The Bertz CT molecular complexity index is 779. The maximum Gasteiger partial charge on any atom is 0.311 e. The number of hydrogen-bond acceptors (Lipinski definition) is 4. The van der Waals surface area contributed by atoms with Crippen LogP contribution < -0.4 is 0 Å². The molecule has 4 nitrogen and oxygen atoms in total. The van der Waals surface area contributed by atoms with Crippen molar-refractivity contribution in [2.45, 2.75) is 46.1 Å². The lowest BCUT2D eigenvalue weighted by Crippen LogP contribution is -2.19. The Morgan fingerprint density at radius 1 is 1.17 bits per heavy atom. The van der Waals surface area contributed by atoms with Gasteiger partial charge in [0.1, 0.15) is 0 Å². The fraction of sp³-hybridized carbons (Fsp3) is 0.600. The quantitative estimate of drug-likeness (QED) is 0.0879. The Balaban J connectivity index is 2.09. The van der Waals surface area contributed by atoms with Gasteiger partial charge in [0.05, 0.1) is 26.0 Å². The van der Waals surface area contributed by atoms with Gasteiger partial charge in [-0.1, -0.05) is 85.7 Å². The van der Waals surface area contributed by atoms with Crippen LogP contribution in [0.5, 0.6) is 0 Å². The molecular weight excluding hydrogens is 477 g/mol. The third-order valence-electron chi connectivity index (χ3n) is 5.11. The van der Waals surface area contributed by atoms with E-state index in [1.807, 2.05) is 25.1 Å². The summed E-state index contributed by atoms with van der Waals surface area (Å²) >= 11 is 30.6. The van der Waals surface area contributed by atoms with Gasteiger partial charge in [0.2, 0.25) is 5.56 Å². The molecule has 0 heterocycles. The van der Waals surface area contributed by atoms with Gasteiger partial charge in [0.15, 0.2) is 0 Å². The van der Waals surface area contributed by atoms with Gasteiger partial charge in [0.25, 0.3) is 0 Å². The van der Waals surface area contributed by atoms with Crippen LogP contribution in [0, 0.1) is 17.3 Å². The molecule has 1 aromatic carbocycles. The topological polar surface area (TPSA) is 41.9 Å². The minimum atomic E-state index is -1.13. The molecule has 0 saturated heterocycles. The molecule has 1 aromatic rings. The number of carbonyl (C=O) groups excluding carboxylic acids is 1. The van der Waals surface area contributed by atoms with E-state index in [0.29, 0.717) is 5.56 Å². The van der Waals surface area contributed by atoms with Crippen molar-refractivity contribution in [2.75, 3.05) is 13.1 Å². The fourth-order valence-electron chi connectivity index (χ4n) is 3.31. The van der Waals surface area contributed by atoms with E-state index in [2.05, 4.69) is 18.9 Å². The molecule has 1 fully saturated rings. The number of carbonyl (C=O) groups is 1. The van der Waals surface area contributed by atoms with E-state index < -0.39 is 11.5 Å². The van der Waals surface area contributed by atoms with Gasteiger partial charge in [-0.25, -0.2) is 0 Å². The summed E-state index contributed by atoms with van der Waals surface area (Å²) in [6.45, 7) is 10.00. The smallest absolute Gasteiger partial charge is 0.311 e. The monoisotopic (exact) mass is 500 g/mol. The van der Waals surface area contributed by atoms with Gasteiger partial charge in [-0.05, 0) is 24.3 Å². The van der Waals surface area contributed by atoms with E-state index in [1.165, 1.54) is 6.07 Å². The average Bonchev–Trinajstić information content (AvgIpc) is 3.21. The summed E-state index contributed by atoms with van der Waals surface area (Å²) < 4.78 is 5.47. The van der Waals surface area contributed by atoms with Crippen LogP contribution in [0.4, 0.5) is 0 Å². The van der Waals surface area contributed by atoms with Gasteiger partial charge in [-0.2, -0.15) is 5.10 Å². The lowest BCUT2D eigenvalue weighted by Gasteiger charge is -2.17. The summed E-state index contributed by atoms with van der Waals surface area (Å²) in [6, 6.07) is 1.45. The molecule has 3 atom stereocenters. The molecule has 0 bridgehead atoms. The number of nitrogens with zero attached hydrogens (tertiary/aromatic N) is 2. The predicted octanol–water partition coefficient (Wildman–Crippen LogP) is 7.46. The van der Waals surface area contributed by atoms with Crippen molar-refractivity contribution in [3.8, 4) is 0 Å². The van der Waals surface area contributed by atoms with Gasteiger partial charge >= 0.3 is 5.97 Å². The number of ether oxygens (including phenoxy) is 1. The molecule has 0 spiro atoms. The standard InChI is InChI=1S/C20H25Cl5N2O2/c1-5-7-27(8-6-2)26-10-12-14(20(12,3)4)19(28)29-18(25)11-9-13(21)16(23)17(24)15(11)22/h9-10,12,14,18H,5-8H2,1-4H3. The molecule has 0 amide bonds. The highest BCUT2D eigenvalue weighted by atomic mass is 35.5. The molecule has 2 rings (SSSR count). The zero-order chi connectivity index (χ0) is 21.9. The third kappa shape index (κ3) is 5.65. The first-order valence-corrected chi connectivity index (χ1v) is 11.5. The highest BCUT2D eigenvalue weighted by molar-refractivity contribution is 6.52. The zero-order valence-electron chi connectivity index (χ0n) is 16.8. The highest BCUT2D eigenvalue weighted by Gasteiger charge is 2.62. The summed E-state index contributed by atoms with van der Waals surface area (Å²) in [4.78, 5) is 12.7. The van der Waals surface area contributed by atoms with Gasteiger partial charge in [-0.15, -0.1) is 0 Å². The predicted molar refractivity (Wildman–Crippen MR) is 123 cm³/mol. The number of esters is 1. The summed E-state index contributed by atoms with van der Waals surface area (Å²) in [5, 5.41) is 7.09. The Labute approximate surface area is 197 Å². The first-order chi connectivity index (χ1) is 13.6. The molecule has 0 aliphatic heterocycles. The molecule has 0 N–H and O–H groups in total. The second-order valence-corrected chi connectivity index (χ2v) is 9.62. The summed E-state index contributed by atoms with van der Waals surface area (Å²) in [7, 11) is 0. The average molecular weight is 503 g/mol. The lowest BCUT2D eigenvalue weighted by molar-refractivity contribution is -0.148. The van der Waals surface area contributed by atoms with Crippen molar-refractivity contribution in [3.05, 3.63) is 31.7 Å². The Hall–Kier alpha value is -0.390. The number of alkyl halides is 1. The Kier molecular flexibility index (Phi) is 8.82. The molecule has 162 valence electrons. The van der Waals surface area contributed by atoms with E-state index in [9.17, 15) is 4.79 Å². The van der Waals surface area contributed by atoms with Crippen molar-refractivity contribution in [1.29, 1.82) is 0 Å². The lowest BCUT2D eigenvalue weighted by atomic mass is 10.1. The number of benzene rings is 1. The number of rotatable bonds is 9. The van der Waals surface area contributed by atoms with Crippen LogP contribution in [-0.2, 0) is 9.53 Å². The molecule has 0 aromatic heterocycles. The van der Waals surface area contributed by atoms with Crippen LogP contribution in [0.15, 0.2) is 11.2 Å². The Morgan fingerprint density at radius 2 is 1.76 bits per heavy atom. The SMILES string of the molecule is CCCN(CCC)N=CC1C(C(=O)OC(Cl)c2cc(Cl)c(Cl)c(Cl)c2Cl)C1(C)C. The molecule has 1 saturated carbocycles. The van der Waals surface area contributed by atoms with Crippen molar-refractivity contribution < 1.29 is 9.53 Å². The van der Waals surface area contributed by atoms with Gasteiger partial charge in [-0.3, -0.25) is 9.80 Å². The largest absolute Gasteiger partial charge is 0.441 e. The summed E-state index contributed by atoms with van der Waals surface area (Å²) in [5.74, 6) is -0.778. The van der Waals surface area contributed by atoms with Crippen LogP contribution in [0.25, 0.3) is 0 Å². The normalized spacial score (nSPS) is 21.3. The third-order valence-corrected chi connectivity index (χ3v) is 7.20. The first-order valence-electron chi connectivity index (χ1n) is 9.52. The molecule has 3 unspecified atom stereocenters. The van der Waals surface area contributed by atoms with Crippen LogP contribution in [0.3, 0.4) is 0 Å². The summed E-state index contributed by atoms with van der Waals surface area (Å²) in [5.41, 5.74) is -1.10. The summed E-state index contributed by atoms with van der Waals surface area (Å²) in [6.07, 6.45) is 3.87. The molecule has 29 heavy (non-hydrogen) atoms. The minimum absolute atomic E-state index is 0.0251. The minimum Gasteiger partial charge on any atom is -0.441 e. The maximum atomic E-state index is 12.7. The van der Waals surface area contributed by atoms with E-state index in [1.54, 1.807) is 0 Å². The first kappa shape index (κ1) is 24.9. The van der Waals surface area contributed by atoms with Crippen molar-refractivity contribution in [3.63, 3.8) is 0 Å². The van der Waals surface area contributed by atoms with Crippen LogP contribution in [0.1, 0.15) is 51.7 Å². The molecule has 1 aliphatic carbocycles. The van der Waals surface area contributed by atoms with E-state index in [0.717, 1.165) is 25.9 Å². The van der Waals surface area contributed by atoms with E-state index >= 15 is 0 Å². The molecule has 0 radical (unpaired) electrons. The van der Waals surface area contributed by atoms with Crippen molar-refractivity contribution in [2.24, 2.45) is 22.4 Å². The van der Waals surface area contributed by atoms with E-state index in [-0.39, 0.29) is 37.3 Å². The second kappa shape index (κ2) is 10.3. The molecule has 1 aliphatic rings. The van der Waals surface area contributed by atoms with Crippen LogP contribution in [0.2, 0.25) is 20.1 Å². The molecule has 9 heteroatoms. The second-order valence-electron chi connectivity index (χ2n) is 7.69. The molecular formula is C20H25Cl5N2O2. The Morgan fingerprint density at radius 3 is 2.31 bits per heavy atom. The number of hydrazone groups is 1. The number of halogens is 5. The maximum absolute atomic E-state index is 12.7.